The van der Waals surface area contributed by atoms with Crippen LogP contribution in [0.5, 0.6) is 0 Å². The molecule has 0 radical (unpaired) electrons. The van der Waals surface area contributed by atoms with Gasteiger partial charge in [-0.05, 0) is 43.2 Å². The number of amides is 1. The van der Waals surface area contributed by atoms with Crippen molar-refractivity contribution in [2.45, 2.75) is 26.7 Å². The van der Waals surface area contributed by atoms with Crippen LogP contribution in [0.4, 0.5) is 10.1 Å². The van der Waals surface area contributed by atoms with Gasteiger partial charge in [0.1, 0.15) is 17.2 Å². The molecular formula is C18H17ClFN3O. The first-order valence-electron chi connectivity index (χ1n) is 7.73. The van der Waals surface area contributed by atoms with Gasteiger partial charge in [0.05, 0.1) is 10.7 Å². The van der Waals surface area contributed by atoms with Gasteiger partial charge in [0.25, 0.3) is 5.91 Å². The third-order valence-electron chi connectivity index (χ3n) is 3.72. The minimum Gasteiger partial charge on any atom is -0.321 e. The maximum Gasteiger partial charge on any atom is 0.274 e. The zero-order chi connectivity index (χ0) is 17.3. The molecule has 0 aliphatic heterocycles. The van der Waals surface area contributed by atoms with Gasteiger partial charge in [-0.15, -0.1) is 0 Å². The summed E-state index contributed by atoms with van der Waals surface area (Å²) in [5.41, 5.74) is 3.44. The van der Waals surface area contributed by atoms with Gasteiger partial charge in [0.15, 0.2) is 0 Å². The average molecular weight is 346 g/mol. The number of anilines is 1. The number of nitrogens with zero attached hydrogens (tertiary/aromatic N) is 2. The summed E-state index contributed by atoms with van der Waals surface area (Å²) in [4.78, 5) is 17.3. The largest absolute Gasteiger partial charge is 0.321 e. The predicted molar refractivity (Wildman–Crippen MR) is 93.3 cm³/mol. The number of carbonyl (C=O) groups is 1. The minimum absolute atomic E-state index is 0.0319. The smallest absolute Gasteiger partial charge is 0.274 e. The number of imidazole rings is 1. The molecule has 4 nitrogen and oxygen atoms in total. The molecule has 2 aromatic heterocycles. The molecule has 1 amide bonds. The lowest BCUT2D eigenvalue weighted by Gasteiger charge is -2.08. The van der Waals surface area contributed by atoms with Crippen molar-refractivity contribution in [3.63, 3.8) is 0 Å². The lowest BCUT2D eigenvalue weighted by molar-refractivity contribution is 0.102. The van der Waals surface area contributed by atoms with Crippen molar-refractivity contribution in [2.24, 2.45) is 0 Å². The van der Waals surface area contributed by atoms with E-state index >= 15 is 0 Å². The molecule has 1 aromatic carbocycles. The van der Waals surface area contributed by atoms with Crippen molar-refractivity contribution in [1.82, 2.24) is 9.38 Å². The summed E-state index contributed by atoms with van der Waals surface area (Å²) in [6.45, 7) is 4.00. The van der Waals surface area contributed by atoms with Crippen LogP contribution in [0, 0.1) is 12.7 Å². The van der Waals surface area contributed by atoms with Crippen molar-refractivity contribution in [2.75, 3.05) is 5.32 Å². The number of hydrogen-bond donors (Lipinski definition) is 1. The summed E-state index contributed by atoms with van der Waals surface area (Å²) < 4.78 is 15.1. The fourth-order valence-electron chi connectivity index (χ4n) is 2.62. The Labute approximate surface area is 144 Å². The molecule has 0 unspecified atom stereocenters. The summed E-state index contributed by atoms with van der Waals surface area (Å²) >= 11 is 5.78. The van der Waals surface area contributed by atoms with Crippen molar-refractivity contribution in [3.8, 4) is 0 Å². The average Bonchev–Trinajstić information content (AvgIpc) is 2.88. The number of carbonyl (C=O) groups excluding carboxylic acids is 1. The van der Waals surface area contributed by atoms with E-state index in [4.69, 9.17) is 11.6 Å². The van der Waals surface area contributed by atoms with E-state index in [0.29, 0.717) is 17.8 Å². The Kier molecular flexibility index (Phi) is 4.53. The molecule has 3 rings (SSSR count). The van der Waals surface area contributed by atoms with Crippen LogP contribution in [0.25, 0.3) is 5.65 Å². The van der Waals surface area contributed by atoms with Gasteiger partial charge >= 0.3 is 0 Å². The number of pyridine rings is 1. The van der Waals surface area contributed by atoms with E-state index in [0.717, 1.165) is 23.3 Å². The van der Waals surface area contributed by atoms with Crippen molar-refractivity contribution in [3.05, 3.63) is 64.3 Å². The van der Waals surface area contributed by atoms with Crippen LogP contribution >= 0.6 is 11.6 Å². The van der Waals surface area contributed by atoms with Crippen LogP contribution < -0.4 is 5.32 Å². The molecule has 124 valence electrons. The van der Waals surface area contributed by atoms with Crippen molar-refractivity contribution < 1.29 is 9.18 Å². The standard InChI is InChI=1S/C18H17ClFN3O/c1-3-4-15-17(23-10-11(2)5-8-16(23)22-15)18(24)21-12-6-7-14(20)13(19)9-12/h5-10H,3-4H2,1-2H3,(H,21,24). The second-order valence-corrected chi connectivity index (χ2v) is 6.08. The summed E-state index contributed by atoms with van der Waals surface area (Å²) in [5, 5.41) is 2.74. The Morgan fingerprint density at radius 1 is 1.33 bits per heavy atom. The number of nitrogens with one attached hydrogen (secondary N) is 1. The summed E-state index contributed by atoms with van der Waals surface area (Å²) in [6.07, 6.45) is 3.47. The number of aryl methyl sites for hydroxylation is 2. The number of fused-ring (bicyclic) bond motifs is 1. The molecule has 3 aromatic rings. The second kappa shape index (κ2) is 6.61. The van der Waals surface area contributed by atoms with Gasteiger partial charge in [0.2, 0.25) is 0 Å². The van der Waals surface area contributed by atoms with Crippen LogP contribution in [0.3, 0.4) is 0 Å². The first kappa shape index (κ1) is 16.5. The topological polar surface area (TPSA) is 46.4 Å². The molecule has 6 heteroatoms. The quantitative estimate of drug-likeness (QED) is 0.748. The Balaban J connectivity index is 2.02. The highest BCUT2D eigenvalue weighted by molar-refractivity contribution is 6.31. The molecule has 0 saturated heterocycles. The summed E-state index contributed by atoms with van der Waals surface area (Å²) in [6, 6.07) is 7.94. The van der Waals surface area contributed by atoms with Gasteiger partial charge in [0, 0.05) is 11.9 Å². The van der Waals surface area contributed by atoms with E-state index in [-0.39, 0.29) is 10.9 Å². The van der Waals surface area contributed by atoms with Crippen LogP contribution in [0.1, 0.15) is 35.1 Å². The highest BCUT2D eigenvalue weighted by atomic mass is 35.5. The molecular weight excluding hydrogens is 329 g/mol. The first-order chi connectivity index (χ1) is 11.5. The first-order valence-corrected chi connectivity index (χ1v) is 8.11. The van der Waals surface area contributed by atoms with Crippen LogP contribution in [0.2, 0.25) is 5.02 Å². The summed E-state index contributed by atoms with van der Waals surface area (Å²) in [7, 11) is 0. The van der Waals surface area contributed by atoms with E-state index in [9.17, 15) is 9.18 Å². The van der Waals surface area contributed by atoms with Crippen LogP contribution in [-0.4, -0.2) is 15.3 Å². The Morgan fingerprint density at radius 3 is 2.83 bits per heavy atom. The SMILES string of the molecule is CCCc1nc2ccc(C)cn2c1C(=O)Nc1ccc(F)c(Cl)c1. The predicted octanol–water partition coefficient (Wildman–Crippen LogP) is 4.64. The molecule has 0 atom stereocenters. The molecule has 2 heterocycles. The molecule has 0 saturated carbocycles. The second-order valence-electron chi connectivity index (χ2n) is 5.67. The maximum atomic E-state index is 13.3. The minimum atomic E-state index is -0.522. The monoisotopic (exact) mass is 345 g/mol. The number of aromatic nitrogens is 2. The normalized spacial score (nSPS) is 11.0. The molecule has 1 N–H and O–H groups in total. The maximum absolute atomic E-state index is 13.3. The van der Waals surface area contributed by atoms with Crippen LogP contribution in [0.15, 0.2) is 36.5 Å². The fraction of sp³-hybridized carbons (Fsp3) is 0.222. The Morgan fingerprint density at radius 2 is 2.12 bits per heavy atom. The lowest BCUT2D eigenvalue weighted by atomic mass is 10.2. The van der Waals surface area contributed by atoms with Gasteiger partial charge in [-0.25, -0.2) is 9.37 Å². The van der Waals surface area contributed by atoms with Crippen molar-refractivity contribution >= 4 is 28.8 Å². The van der Waals surface area contributed by atoms with E-state index < -0.39 is 5.82 Å². The molecule has 0 bridgehead atoms. The summed E-state index contributed by atoms with van der Waals surface area (Å²) in [5.74, 6) is -0.814. The van der Waals surface area contributed by atoms with E-state index in [1.807, 2.05) is 32.2 Å². The molecule has 0 aliphatic rings. The highest BCUT2D eigenvalue weighted by Gasteiger charge is 2.19. The van der Waals surface area contributed by atoms with E-state index in [2.05, 4.69) is 10.3 Å². The third kappa shape index (κ3) is 3.12. The fourth-order valence-corrected chi connectivity index (χ4v) is 2.80. The highest BCUT2D eigenvalue weighted by Crippen LogP contribution is 2.21. The molecule has 0 spiro atoms. The van der Waals surface area contributed by atoms with Gasteiger partial charge in [-0.3, -0.25) is 9.20 Å². The Bertz CT molecular complexity index is 920. The van der Waals surface area contributed by atoms with E-state index in [1.165, 1.54) is 18.2 Å². The lowest BCUT2D eigenvalue weighted by Crippen LogP contribution is -2.16. The van der Waals surface area contributed by atoms with Gasteiger partial charge < -0.3 is 5.32 Å². The van der Waals surface area contributed by atoms with Gasteiger partial charge in [-0.1, -0.05) is 31.0 Å². The number of rotatable bonds is 4. The number of benzene rings is 1. The Hall–Kier alpha value is -2.40. The molecule has 24 heavy (non-hydrogen) atoms. The number of hydrogen-bond acceptors (Lipinski definition) is 2. The number of halogens is 2. The zero-order valence-corrected chi connectivity index (χ0v) is 14.2. The van der Waals surface area contributed by atoms with Gasteiger partial charge in [-0.2, -0.15) is 0 Å². The van der Waals surface area contributed by atoms with Crippen LogP contribution in [-0.2, 0) is 6.42 Å². The zero-order valence-electron chi connectivity index (χ0n) is 13.4. The third-order valence-corrected chi connectivity index (χ3v) is 4.01. The van der Waals surface area contributed by atoms with E-state index in [1.54, 1.807) is 4.40 Å². The molecule has 0 aliphatic carbocycles. The van der Waals surface area contributed by atoms with Crippen molar-refractivity contribution in [1.29, 1.82) is 0 Å². The molecule has 0 fully saturated rings.